The van der Waals surface area contributed by atoms with Gasteiger partial charge in [-0.2, -0.15) is 0 Å². The standard InChI is InChI=1S/C20H20N2O3/c1-3-14(2)25-18-12-8-7-9-15(18)13-17-19(23)21-22(20(17)24)16-10-5-4-6-11-16/h4-14H,3H2,1-2H3,(H,21,23)/b17-13-/t14-/m1/s1. The number of carbonyl (C=O) groups excluding carboxylic acids is 2. The molecule has 5 nitrogen and oxygen atoms in total. The molecule has 0 bridgehead atoms. The van der Waals surface area contributed by atoms with Gasteiger partial charge in [0.25, 0.3) is 11.8 Å². The number of amides is 2. The van der Waals surface area contributed by atoms with Crippen molar-refractivity contribution >= 4 is 23.6 Å². The van der Waals surface area contributed by atoms with Crippen molar-refractivity contribution in [3.8, 4) is 5.75 Å². The second-order valence-corrected chi connectivity index (χ2v) is 5.85. The van der Waals surface area contributed by atoms with Crippen molar-refractivity contribution in [1.29, 1.82) is 0 Å². The van der Waals surface area contributed by atoms with E-state index in [0.29, 0.717) is 17.0 Å². The second kappa shape index (κ2) is 7.21. The molecule has 1 aliphatic rings. The maximum atomic E-state index is 12.6. The third kappa shape index (κ3) is 3.55. The van der Waals surface area contributed by atoms with Crippen LogP contribution in [0.15, 0.2) is 60.2 Å². The summed E-state index contributed by atoms with van der Waals surface area (Å²) in [5, 5.41) is 1.26. The van der Waals surface area contributed by atoms with Crippen molar-refractivity contribution in [3.63, 3.8) is 0 Å². The van der Waals surface area contributed by atoms with E-state index in [1.807, 2.05) is 56.3 Å². The monoisotopic (exact) mass is 336 g/mol. The Labute approximate surface area is 146 Å². The zero-order chi connectivity index (χ0) is 17.8. The third-order valence-electron chi connectivity index (χ3n) is 4.03. The molecule has 1 aliphatic heterocycles. The Morgan fingerprint density at radius 3 is 2.48 bits per heavy atom. The van der Waals surface area contributed by atoms with Crippen molar-refractivity contribution in [1.82, 2.24) is 5.43 Å². The highest BCUT2D eigenvalue weighted by molar-refractivity contribution is 6.31. The smallest absolute Gasteiger partial charge is 0.282 e. The van der Waals surface area contributed by atoms with Gasteiger partial charge in [0, 0.05) is 5.56 Å². The summed E-state index contributed by atoms with van der Waals surface area (Å²) < 4.78 is 5.89. The highest BCUT2D eigenvalue weighted by atomic mass is 16.5. The molecule has 5 heteroatoms. The Hall–Kier alpha value is -3.08. The summed E-state index contributed by atoms with van der Waals surface area (Å²) in [6, 6.07) is 16.4. The van der Waals surface area contributed by atoms with Crippen LogP contribution < -0.4 is 15.2 Å². The second-order valence-electron chi connectivity index (χ2n) is 5.85. The lowest BCUT2D eigenvalue weighted by Gasteiger charge is -2.15. The fourth-order valence-electron chi connectivity index (χ4n) is 2.48. The molecule has 2 aromatic rings. The molecule has 0 spiro atoms. The maximum Gasteiger partial charge on any atom is 0.282 e. The van der Waals surface area contributed by atoms with E-state index < -0.39 is 5.91 Å². The summed E-state index contributed by atoms with van der Waals surface area (Å²) in [4.78, 5) is 24.9. The fraction of sp³-hybridized carbons (Fsp3) is 0.200. The van der Waals surface area contributed by atoms with Gasteiger partial charge in [-0.25, -0.2) is 5.01 Å². The average Bonchev–Trinajstić information content (AvgIpc) is 2.92. The number of rotatable bonds is 5. The van der Waals surface area contributed by atoms with E-state index in [9.17, 15) is 9.59 Å². The molecule has 1 fully saturated rings. The molecule has 25 heavy (non-hydrogen) atoms. The van der Waals surface area contributed by atoms with Crippen LogP contribution in [0.5, 0.6) is 5.75 Å². The molecule has 2 aromatic carbocycles. The molecule has 0 aliphatic carbocycles. The molecule has 128 valence electrons. The van der Waals surface area contributed by atoms with Gasteiger partial charge in [0.1, 0.15) is 11.3 Å². The van der Waals surface area contributed by atoms with Gasteiger partial charge in [0.15, 0.2) is 0 Å². The zero-order valence-electron chi connectivity index (χ0n) is 14.2. The third-order valence-corrected chi connectivity index (χ3v) is 4.03. The minimum absolute atomic E-state index is 0.0495. The molecule has 1 saturated heterocycles. The van der Waals surface area contributed by atoms with Gasteiger partial charge in [-0.3, -0.25) is 15.0 Å². The Bertz CT molecular complexity index is 815. The highest BCUT2D eigenvalue weighted by Gasteiger charge is 2.34. The van der Waals surface area contributed by atoms with Crippen LogP contribution in [0.2, 0.25) is 0 Å². The van der Waals surface area contributed by atoms with Crippen molar-refractivity contribution in [3.05, 3.63) is 65.7 Å². The van der Waals surface area contributed by atoms with Gasteiger partial charge in [-0.05, 0) is 37.6 Å². The van der Waals surface area contributed by atoms with E-state index in [0.717, 1.165) is 6.42 Å². The lowest BCUT2D eigenvalue weighted by molar-refractivity contribution is -0.117. The predicted molar refractivity (Wildman–Crippen MR) is 96.9 cm³/mol. The Balaban J connectivity index is 1.92. The molecule has 0 saturated carbocycles. The van der Waals surface area contributed by atoms with E-state index in [2.05, 4.69) is 5.43 Å². The topological polar surface area (TPSA) is 58.6 Å². The number of hydrazine groups is 1. The van der Waals surface area contributed by atoms with Gasteiger partial charge < -0.3 is 4.74 Å². The zero-order valence-corrected chi connectivity index (χ0v) is 14.2. The van der Waals surface area contributed by atoms with Gasteiger partial charge in [-0.15, -0.1) is 0 Å². The molecule has 2 amide bonds. The summed E-state index contributed by atoms with van der Waals surface area (Å²) in [5.41, 5.74) is 4.01. The number of anilines is 1. The van der Waals surface area contributed by atoms with Gasteiger partial charge in [0.05, 0.1) is 11.8 Å². The Kier molecular flexibility index (Phi) is 4.84. The predicted octanol–water partition coefficient (Wildman–Crippen LogP) is 3.33. The van der Waals surface area contributed by atoms with Crippen LogP contribution in [0, 0.1) is 0 Å². The largest absolute Gasteiger partial charge is 0.490 e. The lowest BCUT2D eigenvalue weighted by atomic mass is 10.1. The van der Waals surface area contributed by atoms with Crippen LogP contribution >= 0.6 is 0 Å². The molecular weight excluding hydrogens is 316 g/mol. The summed E-state index contributed by atoms with van der Waals surface area (Å²) in [7, 11) is 0. The number of ether oxygens (including phenoxy) is 1. The van der Waals surface area contributed by atoms with E-state index in [-0.39, 0.29) is 17.6 Å². The van der Waals surface area contributed by atoms with Gasteiger partial charge in [-0.1, -0.05) is 43.3 Å². The highest BCUT2D eigenvalue weighted by Crippen LogP contribution is 2.26. The number of hydrogen-bond acceptors (Lipinski definition) is 3. The number of carbonyl (C=O) groups is 2. The molecule has 1 atom stereocenters. The number of benzene rings is 2. The first-order valence-corrected chi connectivity index (χ1v) is 8.28. The number of nitrogens with zero attached hydrogens (tertiary/aromatic N) is 1. The first-order valence-electron chi connectivity index (χ1n) is 8.28. The fourth-order valence-corrected chi connectivity index (χ4v) is 2.48. The van der Waals surface area contributed by atoms with Crippen LogP contribution in [-0.4, -0.2) is 17.9 Å². The normalized spacial score (nSPS) is 16.9. The van der Waals surface area contributed by atoms with E-state index in [4.69, 9.17) is 4.74 Å². The summed E-state index contributed by atoms with van der Waals surface area (Å²) >= 11 is 0. The summed E-state index contributed by atoms with van der Waals surface area (Å²) in [6.45, 7) is 4.02. The average molecular weight is 336 g/mol. The first kappa shape index (κ1) is 16.8. The number of hydrogen-bond donors (Lipinski definition) is 1. The number of nitrogens with one attached hydrogen (secondary N) is 1. The van der Waals surface area contributed by atoms with Crippen molar-refractivity contribution in [2.45, 2.75) is 26.4 Å². The van der Waals surface area contributed by atoms with Crippen molar-refractivity contribution in [2.75, 3.05) is 5.01 Å². The van der Waals surface area contributed by atoms with Crippen LogP contribution in [0.1, 0.15) is 25.8 Å². The van der Waals surface area contributed by atoms with Crippen LogP contribution in [0.25, 0.3) is 6.08 Å². The lowest BCUT2D eigenvalue weighted by Crippen LogP contribution is -2.35. The van der Waals surface area contributed by atoms with Crippen molar-refractivity contribution < 1.29 is 14.3 Å². The molecule has 3 rings (SSSR count). The van der Waals surface area contributed by atoms with E-state index in [1.165, 1.54) is 5.01 Å². The molecule has 0 radical (unpaired) electrons. The van der Waals surface area contributed by atoms with Gasteiger partial charge in [0.2, 0.25) is 0 Å². The van der Waals surface area contributed by atoms with Crippen LogP contribution in [0.3, 0.4) is 0 Å². The van der Waals surface area contributed by atoms with Gasteiger partial charge >= 0.3 is 0 Å². The molecule has 1 N–H and O–H groups in total. The maximum absolute atomic E-state index is 12.6. The minimum Gasteiger partial charge on any atom is -0.490 e. The molecule has 1 heterocycles. The molecular formula is C20H20N2O3. The van der Waals surface area contributed by atoms with E-state index >= 15 is 0 Å². The van der Waals surface area contributed by atoms with Crippen LogP contribution in [-0.2, 0) is 9.59 Å². The van der Waals surface area contributed by atoms with Crippen LogP contribution in [0.4, 0.5) is 5.69 Å². The summed E-state index contributed by atoms with van der Waals surface area (Å²) in [5.74, 6) is -0.148. The molecule has 0 unspecified atom stereocenters. The Morgan fingerprint density at radius 2 is 1.76 bits per heavy atom. The minimum atomic E-state index is -0.424. The number of para-hydroxylation sites is 2. The van der Waals surface area contributed by atoms with Crippen molar-refractivity contribution in [2.24, 2.45) is 0 Å². The quantitative estimate of drug-likeness (QED) is 0.673. The molecule has 0 aromatic heterocycles. The first-order chi connectivity index (χ1) is 12.1. The Morgan fingerprint density at radius 1 is 1.08 bits per heavy atom. The SMILES string of the molecule is CC[C@@H](C)Oc1ccccc1/C=C1/C(=O)NN(c2ccccc2)C1=O. The summed E-state index contributed by atoms with van der Waals surface area (Å²) in [6.07, 6.45) is 2.50. The van der Waals surface area contributed by atoms with E-state index in [1.54, 1.807) is 18.2 Å².